The van der Waals surface area contributed by atoms with Crippen LogP contribution in [0.5, 0.6) is 0 Å². The first kappa shape index (κ1) is 16.1. The maximum absolute atomic E-state index is 12.6. The van der Waals surface area contributed by atoms with E-state index in [2.05, 4.69) is 15.4 Å². The molecule has 124 valence electrons. The molecule has 1 saturated heterocycles. The lowest BCUT2D eigenvalue weighted by atomic mass is 9.93. The fraction of sp³-hybridized carbons (Fsp3) is 0.562. The maximum Gasteiger partial charge on any atom is 0.265 e. The fourth-order valence-corrected chi connectivity index (χ4v) is 3.83. The van der Waals surface area contributed by atoms with Crippen molar-refractivity contribution in [3.05, 3.63) is 23.5 Å². The Labute approximate surface area is 140 Å². The highest BCUT2D eigenvalue weighted by Crippen LogP contribution is 2.27. The minimum atomic E-state index is 0.115. The third-order valence-electron chi connectivity index (χ3n) is 4.37. The van der Waals surface area contributed by atoms with Crippen LogP contribution in [0.4, 0.5) is 0 Å². The summed E-state index contributed by atoms with van der Waals surface area (Å²) in [6, 6.07) is 0. The molecule has 1 aliphatic rings. The summed E-state index contributed by atoms with van der Waals surface area (Å²) in [7, 11) is 3.86. The summed E-state index contributed by atoms with van der Waals surface area (Å²) in [5.74, 6) is 0.851. The summed E-state index contributed by atoms with van der Waals surface area (Å²) in [6.07, 6.45) is 8.79. The summed E-state index contributed by atoms with van der Waals surface area (Å²) in [6.45, 7) is 2.77. The van der Waals surface area contributed by atoms with Crippen LogP contribution < -0.4 is 5.32 Å². The van der Waals surface area contributed by atoms with E-state index in [-0.39, 0.29) is 5.91 Å². The largest absolute Gasteiger partial charge is 0.338 e. The predicted molar refractivity (Wildman–Crippen MR) is 91.5 cm³/mol. The van der Waals surface area contributed by atoms with Crippen molar-refractivity contribution in [2.24, 2.45) is 13.0 Å². The van der Waals surface area contributed by atoms with Gasteiger partial charge in [-0.2, -0.15) is 5.10 Å². The first-order chi connectivity index (χ1) is 11.2. The van der Waals surface area contributed by atoms with Crippen molar-refractivity contribution >= 4 is 17.2 Å². The van der Waals surface area contributed by atoms with E-state index in [0.717, 1.165) is 53.8 Å². The Balaban J connectivity index is 1.60. The number of nitrogens with zero attached hydrogens (tertiary/aromatic N) is 4. The SMILES string of the molecule is CNCCC1CCN(C(=O)c2cnc(-c3cnn(C)c3)s2)CC1. The van der Waals surface area contributed by atoms with Gasteiger partial charge < -0.3 is 10.2 Å². The molecule has 0 radical (unpaired) electrons. The van der Waals surface area contributed by atoms with E-state index in [1.165, 1.54) is 17.8 Å². The van der Waals surface area contributed by atoms with Crippen LogP contribution in [0.2, 0.25) is 0 Å². The molecule has 2 aromatic rings. The highest BCUT2D eigenvalue weighted by Gasteiger charge is 2.24. The second-order valence-electron chi connectivity index (χ2n) is 6.06. The summed E-state index contributed by atoms with van der Waals surface area (Å²) >= 11 is 1.45. The summed E-state index contributed by atoms with van der Waals surface area (Å²) < 4.78 is 1.74. The van der Waals surface area contributed by atoms with Crippen LogP contribution in [-0.2, 0) is 7.05 Å². The van der Waals surface area contributed by atoms with Crippen LogP contribution in [0.3, 0.4) is 0 Å². The van der Waals surface area contributed by atoms with Crippen LogP contribution in [0.15, 0.2) is 18.6 Å². The molecular weight excluding hydrogens is 310 g/mol. The monoisotopic (exact) mass is 333 g/mol. The third-order valence-corrected chi connectivity index (χ3v) is 5.41. The molecule has 1 N–H and O–H groups in total. The third kappa shape index (κ3) is 3.79. The molecule has 2 aromatic heterocycles. The first-order valence-corrected chi connectivity index (χ1v) is 8.87. The number of nitrogens with one attached hydrogen (secondary N) is 1. The number of thiazole rings is 1. The number of likely N-dealkylation sites (tertiary alicyclic amines) is 1. The van der Waals surface area contributed by atoms with Gasteiger partial charge >= 0.3 is 0 Å². The molecule has 0 spiro atoms. The number of carbonyl (C=O) groups is 1. The van der Waals surface area contributed by atoms with Crippen molar-refractivity contribution in [2.45, 2.75) is 19.3 Å². The Morgan fingerprint density at radius 2 is 2.17 bits per heavy atom. The van der Waals surface area contributed by atoms with Gasteiger partial charge in [-0.05, 0) is 38.8 Å². The number of aryl methyl sites for hydroxylation is 1. The van der Waals surface area contributed by atoms with Gasteiger partial charge in [0.05, 0.1) is 12.4 Å². The zero-order valence-corrected chi connectivity index (χ0v) is 14.5. The highest BCUT2D eigenvalue weighted by atomic mass is 32.1. The van der Waals surface area contributed by atoms with Crippen molar-refractivity contribution in [1.29, 1.82) is 0 Å². The van der Waals surface area contributed by atoms with Gasteiger partial charge in [0.2, 0.25) is 0 Å². The second kappa shape index (κ2) is 7.23. The van der Waals surface area contributed by atoms with Gasteiger partial charge in [0, 0.05) is 31.9 Å². The smallest absolute Gasteiger partial charge is 0.265 e. The summed E-state index contributed by atoms with van der Waals surface area (Å²) in [4.78, 5) is 19.7. The predicted octanol–water partition coefficient (Wildman–Crippen LogP) is 2.01. The molecule has 0 atom stereocenters. The van der Waals surface area contributed by atoms with E-state index in [0.29, 0.717) is 0 Å². The van der Waals surface area contributed by atoms with Crippen molar-refractivity contribution < 1.29 is 4.79 Å². The molecule has 1 amide bonds. The Morgan fingerprint density at radius 1 is 1.39 bits per heavy atom. The number of rotatable bonds is 5. The zero-order chi connectivity index (χ0) is 16.2. The fourth-order valence-electron chi connectivity index (χ4n) is 2.97. The molecule has 23 heavy (non-hydrogen) atoms. The standard InChI is InChI=1S/C16H23N5OS/c1-17-6-3-12-4-7-21(8-5-12)16(22)14-10-18-15(23-14)13-9-19-20(2)11-13/h9-12,17H,3-8H2,1-2H3. The lowest BCUT2D eigenvalue weighted by Crippen LogP contribution is -2.38. The molecule has 0 aliphatic carbocycles. The molecule has 1 aliphatic heterocycles. The van der Waals surface area contributed by atoms with E-state index >= 15 is 0 Å². The van der Waals surface area contributed by atoms with Crippen molar-refractivity contribution in [3.8, 4) is 10.6 Å². The van der Waals surface area contributed by atoms with Gasteiger partial charge in [-0.1, -0.05) is 0 Å². The van der Waals surface area contributed by atoms with E-state index < -0.39 is 0 Å². The van der Waals surface area contributed by atoms with Crippen LogP contribution in [-0.4, -0.2) is 52.3 Å². The molecular formula is C16H23N5OS. The van der Waals surface area contributed by atoms with Crippen LogP contribution >= 0.6 is 11.3 Å². The highest BCUT2D eigenvalue weighted by molar-refractivity contribution is 7.16. The van der Waals surface area contributed by atoms with Crippen molar-refractivity contribution in [2.75, 3.05) is 26.7 Å². The van der Waals surface area contributed by atoms with Gasteiger partial charge in [0.15, 0.2) is 0 Å². The molecule has 3 heterocycles. The van der Waals surface area contributed by atoms with Gasteiger partial charge in [0.25, 0.3) is 5.91 Å². The number of amides is 1. The van der Waals surface area contributed by atoms with Gasteiger partial charge in [-0.25, -0.2) is 4.98 Å². The molecule has 7 heteroatoms. The normalized spacial score (nSPS) is 16.0. The first-order valence-electron chi connectivity index (χ1n) is 8.06. The van der Waals surface area contributed by atoms with E-state index in [1.807, 2.05) is 25.2 Å². The molecule has 3 rings (SSSR count). The van der Waals surface area contributed by atoms with Crippen LogP contribution in [0.1, 0.15) is 28.9 Å². The molecule has 1 fully saturated rings. The van der Waals surface area contributed by atoms with E-state index in [1.54, 1.807) is 17.1 Å². The average Bonchev–Trinajstić information content (AvgIpc) is 3.21. The Kier molecular flexibility index (Phi) is 5.07. The van der Waals surface area contributed by atoms with Gasteiger partial charge in [0.1, 0.15) is 9.88 Å². The number of carbonyl (C=O) groups excluding carboxylic acids is 1. The second-order valence-corrected chi connectivity index (χ2v) is 7.09. The topological polar surface area (TPSA) is 63.1 Å². The van der Waals surface area contributed by atoms with Gasteiger partial charge in [-0.3, -0.25) is 9.48 Å². The van der Waals surface area contributed by atoms with Crippen LogP contribution in [0.25, 0.3) is 10.6 Å². The number of piperidine rings is 1. The number of hydrogen-bond acceptors (Lipinski definition) is 5. The molecule has 0 saturated carbocycles. The molecule has 0 bridgehead atoms. The van der Waals surface area contributed by atoms with Crippen molar-refractivity contribution in [3.63, 3.8) is 0 Å². The Morgan fingerprint density at radius 3 is 2.83 bits per heavy atom. The molecule has 6 nitrogen and oxygen atoms in total. The lowest BCUT2D eigenvalue weighted by molar-refractivity contribution is 0.0692. The summed E-state index contributed by atoms with van der Waals surface area (Å²) in [5.41, 5.74) is 0.960. The Bertz CT molecular complexity index is 657. The molecule has 0 aromatic carbocycles. The van der Waals surface area contributed by atoms with E-state index in [9.17, 15) is 4.79 Å². The quantitative estimate of drug-likeness (QED) is 0.909. The minimum Gasteiger partial charge on any atom is -0.338 e. The van der Waals surface area contributed by atoms with E-state index in [4.69, 9.17) is 0 Å². The maximum atomic E-state index is 12.6. The Hall–Kier alpha value is -1.73. The number of hydrogen-bond donors (Lipinski definition) is 1. The summed E-state index contributed by atoms with van der Waals surface area (Å²) in [5, 5.41) is 8.21. The van der Waals surface area contributed by atoms with Crippen molar-refractivity contribution in [1.82, 2.24) is 25.0 Å². The lowest BCUT2D eigenvalue weighted by Gasteiger charge is -2.31. The average molecular weight is 333 g/mol. The van der Waals surface area contributed by atoms with Gasteiger partial charge in [-0.15, -0.1) is 11.3 Å². The molecule has 0 unspecified atom stereocenters. The minimum absolute atomic E-state index is 0.115. The number of aromatic nitrogens is 3. The van der Waals surface area contributed by atoms with Crippen LogP contribution in [0, 0.1) is 5.92 Å². The zero-order valence-electron chi connectivity index (χ0n) is 13.7.